The average Bonchev–Trinajstić information content (AvgIpc) is 2.95. The molecule has 0 aliphatic heterocycles. The predicted octanol–water partition coefficient (Wildman–Crippen LogP) is 7.99. The van der Waals surface area contributed by atoms with Gasteiger partial charge in [0.25, 0.3) is 0 Å². The first-order chi connectivity index (χ1) is 20.2. The Labute approximate surface area is 261 Å². The number of rotatable bonds is 18. The lowest BCUT2D eigenvalue weighted by Gasteiger charge is -2.34. The second kappa shape index (κ2) is 16.7. The Kier molecular flexibility index (Phi) is 14.3. The van der Waals surface area contributed by atoms with Crippen molar-refractivity contribution >= 4 is 0 Å². The lowest BCUT2D eigenvalue weighted by atomic mass is 9.70. The number of benzene rings is 2. The topological polar surface area (TPSA) is 88.4 Å². The van der Waals surface area contributed by atoms with Gasteiger partial charge in [-0.25, -0.2) is 0 Å². The van der Waals surface area contributed by atoms with Crippen molar-refractivity contribution in [1.82, 2.24) is 0 Å². The standard InChI is InChI=1S/C37H60O6/c1-10-37(11-2,28-17-19-30(27(3)23-28)41-22-16-14-12-13-15-21-38)29-18-20-31(42-25-33(39)35(4,5)6)32(24-29)43-26-34(40)36(7,8)9/h17-20,23-24,33-34,38-40H,10-16,21-22,25-26H2,1-9H3. The second-order valence-electron chi connectivity index (χ2n) is 14.2. The molecule has 2 rings (SSSR count). The Hall–Kier alpha value is -2.28. The Bertz CT molecular complexity index is 1090. The van der Waals surface area contributed by atoms with Crippen LogP contribution in [0.4, 0.5) is 0 Å². The zero-order valence-electron chi connectivity index (χ0n) is 28.5. The minimum Gasteiger partial charge on any atom is -0.493 e. The van der Waals surface area contributed by atoms with Gasteiger partial charge < -0.3 is 29.5 Å². The highest BCUT2D eigenvalue weighted by atomic mass is 16.5. The van der Waals surface area contributed by atoms with Crippen molar-refractivity contribution in [3.63, 3.8) is 0 Å². The molecule has 2 atom stereocenters. The molecule has 0 aromatic heterocycles. The van der Waals surface area contributed by atoms with Crippen molar-refractivity contribution in [2.24, 2.45) is 10.8 Å². The molecule has 0 spiro atoms. The molecule has 2 aromatic rings. The van der Waals surface area contributed by atoms with Gasteiger partial charge in [-0.05, 0) is 78.3 Å². The van der Waals surface area contributed by atoms with Crippen LogP contribution in [-0.4, -0.2) is 54.0 Å². The number of hydrogen-bond acceptors (Lipinski definition) is 6. The molecule has 0 fully saturated rings. The van der Waals surface area contributed by atoms with E-state index in [1.54, 1.807) is 0 Å². The maximum atomic E-state index is 10.7. The molecule has 0 saturated carbocycles. The quantitative estimate of drug-likeness (QED) is 0.150. The van der Waals surface area contributed by atoms with E-state index in [9.17, 15) is 10.2 Å². The van der Waals surface area contributed by atoms with Gasteiger partial charge in [-0.15, -0.1) is 0 Å². The third-order valence-electron chi connectivity index (χ3n) is 8.78. The van der Waals surface area contributed by atoms with Gasteiger partial charge in [0.2, 0.25) is 0 Å². The molecule has 0 radical (unpaired) electrons. The Morgan fingerprint density at radius 2 is 1.12 bits per heavy atom. The zero-order valence-corrected chi connectivity index (χ0v) is 28.5. The van der Waals surface area contributed by atoms with Crippen LogP contribution in [0.25, 0.3) is 0 Å². The summed E-state index contributed by atoms with van der Waals surface area (Å²) in [5.41, 5.74) is 2.59. The van der Waals surface area contributed by atoms with Gasteiger partial charge in [0.15, 0.2) is 11.5 Å². The molecule has 0 saturated heterocycles. The Morgan fingerprint density at radius 1 is 0.628 bits per heavy atom. The summed E-state index contributed by atoms with van der Waals surface area (Å²) in [6.45, 7) is 19.7. The van der Waals surface area contributed by atoms with Crippen LogP contribution in [0, 0.1) is 17.8 Å². The van der Waals surface area contributed by atoms with Crippen molar-refractivity contribution in [1.29, 1.82) is 0 Å². The molecule has 0 aliphatic carbocycles. The van der Waals surface area contributed by atoms with Crippen LogP contribution in [0.3, 0.4) is 0 Å². The van der Waals surface area contributed by atoms with Crippen LogP contribution < -0.4 is 14.2 Å². The van der Waals surface area contributed by atoms with Crippen molar-refractivity contribution in [3.05, 3.63) is 53.1 Å². The van der Waals surface area contributed by atoms with Gasteiger partial charge in [-0.1, -0.05) is 92.9 Å². The van der Waals surface area contributed by atoms with Crippen molar-refractivity contribution in [2.45, 2.75) is 125 Å². The van der Waals surface area contributed by atoms with E-state index in [4.69, 9.17) is 19.3 Å². The van der Waals surface area contributed by atoms with Crippen LogP contribution in [0.2, 0.25) is 0 Å². The van der Waals surface area contributed by atoms with Crippen LogP contribution in [-0.2, 0) is 5.41 Å². The number of aliphatic hydroxyl groups excluding tert-OH is 3. The number of ether oxygens (including phenoxy) is 3. The molecule has 0 amide bonds. The fourth-order valence-electron chi connectivity index (χ4n) is 5.14. The molecule has 2 aromatic carbocycles. The number of unbranched alkanes of at least 4 members (excludes halogenated alkanes) is 4. The van der Waals surface area contributed by atoms with E-state index < -0.39 is 12.2 Å². The largest absolute Gasteiger partial charge is 0.493 e. The van der Waals surface area contributed by atoms with Crippen LogP contribution in [0.1, 0.15) is 117 Å². The summed E-state index contributed by atoms with van der Waals surface area (Å²) < 4.78 is 18.5. The summed E-state index contributed by atoms with van der Waals surface area (Å²) >= 11 is 0. The van der Waals surface area contributed by atoms with E-state index in [-0.39, 0.29) is 36.1 Å². The van der Waals surface area contributed by atoms with Gasteiger partial charge in [-0.3, -0.25) is 0 Å². The van der Waals surface area contributed by atoms with E-state index >= 15 is 0 Å². The van der Waals surface area contributed by atoms with Gasteiger partial charge >= 0.3 is 0 Å². The molecule has 0 heterocycles. The normalized spacial score (nSPS) is 14.0. The summed E-state index contributed by atoms with van der Waals surface area (Å²) in [6.07, 6.45) is 5.68. The fourth-order valence-corrected chi connectivity index (χ4v) is 5.14. The molecule has 3 N–H and O–H groups in total. The second-order valence-corrected chi connectivity index (χ2v) is 14.2. The van der Waals surface area contributed by atoms with Crippen molar-refractivity contribution < 1.29 is 29.5 Å². The first-order valence-corrected chi connectivity index (χ1v) is 16.3. The van der Waals surface area contributed by atoms with E-state index in [0.29, 0.717) is 18.1 Å². The van der Waals surface area contributed by atoms with Gasteiger partial charge in [-0.2, -0.15) is 0 Å². The third-order valence-corrected chi connectivity index (χ3v) is 8.78. The van der Waals surface area contributed by atoms with E-state index in [2.05, 4.69) is 51.1 Å². The summed E-state index contributed by atoms with van der Waals surface area (Å²) in [5.74, 6) is 2.05. The molecule has 0 aliphatic rings. The Balaban J connectivity index is 2.35. The highest BCUT2D eigenvalue weighted by Gasteiger charge is 2.33. The minimum absolute atomic E-state index is 0.142. The monoisotopic (exact) mass is 600 g/mol. The van der Waals surface area contributed by atoms with Crippen molar-refractivity contribution in [2.75, 3.05) is 26.4 Å². The maximum Gasteiger partial charge on any atom is 0.161 e. The summed E-state index contributed by atoms with van der Waals surface area (Å²) in [6, 6.07) is 12.6. The summed E-state index contributed by atoms with van der Waals surface area (Å²) in [5, 5.41) is 30.3. The molecule has 6 heteroatoms. The van der Waals surface area contributed by atoms with Gasteiger partial charge in [0, 0.05) is 12.0 Å². The SMILES string of the molecule is CCC(CC)(c1ccc(OCCCCCCCO)c(C)c1)c1ccc(OCC(O)C(C)(C)C)c(OCC(O)C(C)(C)C)c1. The van der Waals surface area contributed by atoms with E-state index in [0.717, 1.165) is 61.8 Å². The molecular weight excluding hydrogens is 540 g/mol. The zero-order chi connectivity index (χ0) is 32.3. The Morgan fingerprint density at radius 3 is 1.63 bits per heavy atom. The molecule has 6 nitrogen and oxygen atoms in total. The molecule has 43 heavy (non-hydrogen) atoms. The molecule has 0 bridgehead atoms. The fraction of sp³-hybridized carbons (Fsp3) is 0.676. The number of aryl methyl sites for hydroxylation is 1. The maximum absolute atomic E-state index is 10.7. The van der Waals surface area contributed by atoms with Crippen molar-refractivity contribution in [3.8, 4) is 17.2 Å². The number of aliphatic hydroxyl groups is 3. The lowest BCUT2D eigenvalue weighted by molar-refractivity contribution is 0.0136. The highest BCUT2D eigenvalue weighted by Crippen LogP contribution is 2.43. The molecule has 2 unspecified atom stereocenters. The highest BCUT2D eigenvalue weighted by molar-refractivity contribution is 5.50. The summed E-state index contributed by atoms with van der Waals surface area (Å²) in [7, 11) is 0. The third kappa shape index (κ3) is 10.7. The van der Waals surface area contributed by atoms with E-state index in [1.807, 2.05) is 47.6 Å². The van der Waals surface area contributed by atoms with E-state index in [1.165, 1.54) is 5.56 Å². The van der Waals surface area contributed by atoms with Crippen LogP contribution in [0.15, 0.2) is 36.4 Å². The van der Waals surface area contributed by atoms with Crippen LogP contribution in [0.5, 0.6) is 17.2 Å². The average molecular weight is 601 g/mol. The predicted molar refractivity (Wildman–Crippen MR) is 177 cm³/mol. The molecule has 244 valence electrons. The molecular formula is C37H60O6. The smallest absolute Gasteiger partial charge is 0.161 e. The number of hydrogen-bond donors (Lipinski definition) is 3. The van der Waals surface area contributed by atoms with Gasteiger partial charge in [0.1, 0.15) is 19.0 Å². The van der Waals surface area contributed by atoms with Crippen LogP contribution >= 0.6 is 0 Å². The first-order valence-electron chi connectivity index (χ1n) is 16.3. The lowest BCUT2D eigenvalue weighted by Crippen LogP contribution is -2.33. The minimum atomic E-state index is -0.651. The first kappa shape index (κ1) is 36.9. The summed E-state index contributed by atoms with van der Waals surface area (Å²) in [4.78, 5) is 0. The van der Waals surface area contributed by atoms with Gasteiger partial charge in [0.05, 0.1) is 18.8 Å².